The molecule has 8 aromatic carbocycles. The maximum absolute atomic E-state index is 11.9. The first-order chi connectivity index (χ1) is 47.2. The minimum Gasteiger partial charge on any atom is -0.490 e. The molecule has 97 heavy (non-hydrogen) atoms. The molecule has 4 aliphatic rings. The number of ether oxygens (including phenoxy) is 13. The first-order valence-electron chi connectivity index (χ1n) is 34.2. The van der Waals surface area contributed by atoms with Crippen molar-refractivity contribution in [3.63, 3.8) is 0 Å². The summed E-state index contributed by atoms with van der Waals surface area (Å²) in [6.07, 6.45) is 2.31. The number of carbonyl (C=O) groups excluding carboxylic acids is 1. The first kappa shape index (κ1) is 70.1. The van der Waals surface area contributed by atoms with Gasteiger partial charge in [-0.15, -0.1) is 0 Å². The molecule has 0 radical (unpaired) electrons. The zero-order chi connectivity index (χ0) is 67.6. The molecule has 0 saturated heterocycles. The molecule has 0 aromatic heterocycles. The maximum Gasteiger partial charge on any atom is 0.306 e. The average molecular weight is 1320 g/mol. The number of hydrogen-bond acceptors (Lipinski definition) is 15. The van der Waals surface area contributed by atoms with Gasteiger partial charge in [-0.2, -0.15) is 0 Å². The predicted octanol–water partition coefficient (Wildman–Crippen LogP) is 14.7. The molecule has 0 saturated carbocycles. The number of benzene rings is 8. The highest BCUT2D eigenvalue weighted by Gasteiger charge is 2.54. The lowest BCUT2D eigenvalue weighted by molar-refractivity contribution is -0.155. The van der Waals surface area contributed by atoms with E-state index in [1.54, 1.807) is 0 Å². The Morgan fingerprint density at radius 1 is 0.443 bits per heavy atom. The van der Waals surface area contributed by atoms with E-state index in [2.05, 4.69) is 125 Å². The number of carbonyl (C=O) groups is 1. The molecular formula is C82H95NO14. The van der Waals surface area contributed by atoms with Gasteiger partial charge in [0.25, 0.3) is 0 Å². The summed E-state index contributed by atoms with van der Waals surface area (Å²) >= 11 is 0. The third-order valence-corrected chi connectivity index (χ3v) is 18.3. The molecule has 2 aliphatic heterocycles. The van der Waals surface area contributed by atoms with Crippen molar-refractivity contribution in [2.45, 2.75) is 129 Å². The Hall–Kier alpha value is -8.25. The summed E-state index contributed by atoms with van der Waals surface area (Å²) in [5.41, 5.74) is 19.9. The predicted molar refractivity (Wildman–Crippen MR) is 375 cm³/mol. The highest BCUT2D eigenvalue weighted by Crippen LogP contribution is 2.57. The zero-order valence-electron chi connectivity index (χ0n) is 57.5. The van der Waals surface area contributed by atoms with Crippen molar-refractivity contribution in [2.24, 2.45) is 5.73 Å². The quantitative estimate of drug-likeness (QED) is 0.0313. The molecule has 0 fully saturated rings. The second-order valence-corrected chi connectivity index (χ2v) is 26.5. The van der Waals surface area contributed by atoms with Crippen molar-refractivity contribution in [1.82, 2.24) is 0 Å². The zero-order valence-corrected chi connectivity index (χ0v) is 57.5. The fourth-order valence-corrected chi connectivity index (χ4v) is 13.3. The molecule has 15 heteroatoms. The van der Waals surface area contributed by atoms with E-state index in [0.29, 0.717) is 149 Å². The van der Waals surface area contributed by atoms with Crippen molar-refractivity contribution in [3.05, 3.63) is 248 Å². The molecule has 2 N–H and O–H groups in total. The van der Waals surface area contributed by atoms with Crippen LogP contribution in [0.2, 0.25) is 0 Å². The average Bonchev–Trinajstić information content (AvgIpc) is 1.60. The summed E-state index contributed by atoms with van der Waals surface area (Å²) < 4.78 is 80.8. The van der Waals surface area contributed by atoms with E-state index in [-0.39, 0.29) is 17.8 Å². The number of rotatable bonds is 32. The van der Waals surface area contributed by atoms with E-state index in [1.165, 1.54) is 33.4 Å². The van der Waals surface area contributed by atoms with Gasteiger partial charge in [-0.05, 0) is 146 Å². The van der Waals surface area contributed by atoms with E-state index < -0.39 is 16.8 Å². The summed E-state index contributed by atoms with van der Waals surface area (Å²) in [4.78, 5) is 11.9. The number of hydrogen-bond donors (Lipinski definition) is 1. The van der Waals surface area contributed by atoms with E-state index in [9.17, 15) is 4.79 Å². The molecule has 15 nitrogen and oxygen atoms in total. The third kappa shape index (κ3) is 17.9. The van der Waals surface area contributed by atoms with Crippen LogP contribution in [0.15, 0.2) is 170 Å². The van der Waals surface area contributed by atoms with Crippen LogP contribution in [-0.4, -0.2) is 109 Å². The van der Waals surface area contributed by atoms with Crippen LogP contribution < -0.4 is 34.2 Å². The van der Waals surface area contributed by atoms with Crippen molar-refractivity contribution in [2.75, 3.05) is 85.8 Å². The molecule has 4 atom stereocenters. The van der Waals surface area contributed by atoms with Gasteiger partial charge in [0.05, 0.1) is 59.5 Å². The van der Waals surface area contributed by atoms with E-state index in [1.807, 2.05) is 93.6 Å². The van der Waals surface area contributed by atoms with Crippen LogP contribution in [0.1, 0.15) is 123 Å². The molecule has 2 heterocycles. The van der Waals surface area contributed by atoms with E-state index >= 15 is 0 Å². The van der Waals surface area contributed by atoms with Crippen LogP contribution in [0.25, 0.3) is 0 Å². The van der Waals surface area contributed by atoms with Crippen LogP contribution in [-0.2, 0) is 77.2 Å². The Labute approximate surface area is 572 Å². The molecule has 0 bridgehead atoms. The van der Waals surface area contributed by atoms with Crippen molar-refractivity contribution >= 4 is 5.97 Å². The lowest BCUT2D eigenvalue weighted by atomic mass is 9.79. The Morgan fingerprint density at radius 2 is 0.794 bits per heavy atom. The number of esters is 1. The van der Waals surface area contributed by atoms with Gasteiger partial charge in [0.1, 0.15) is 67.9 Å². The Kier molecular flexibility index (Phi) is 24.1. The molecular weight excluding hydrogens is 1220 g/mol. The smallest absolute Gasteiger partial charge is 0.306 e. The molecule has 2 aliphatic carbocycles. The summed E-state index contributed by atoms with van der Waals surface area (Å²) in [7, 11) is 0. The van der Waals surface area contributed by atoms with Gasteiger partial charge in [0.2, 0.25) is 0 Å². The van der Waals surface area contributed by atoms with E-state index in [0.717, 1.165) is 67.5 Å². The van der Waals surface area contributed by atoms with Gasteiger partial charge in [-0.3, -0.25) is 4.79 Å². The molecule has 8 aromatic rings. The maximum atomic E-state index is 11.9. The largest absolute Gasteiger partial charge is 0.490 e. The Balaban J connectivity index is 0.000000199. The van der Waals surface area contributed by atoms with Gasteiger partial charge in [-0.1, -0.05) is 146 Å². The normalized spacial score (nSPS) is 17.7. The molecule has 4 unspecified atom stereocenters. The van der Waals surface area contributed by atoms with Gasteiger partial charge in [0.15, 0.2) is 23.0 Å². The van der Waals surface area contributed by atoms with Crippen molar-refractivity contribution in [1.29, 1.82) is 0 Å². The molecule has 512 valence electrons. The molecule has 12 rings (SSSR count). The number of nitrogens with two attached hydrogens (primary N) is 1. The lowest BCUT2D eigenvalue weighted by Gasteiger charge is -2.41. The van der Waals surface area contributed by atoms with Crippen LogP contribution in [0, 0.1) is 27.7 Å². The van der Waals surface area contributed by atoms with Crippen LogP contribution in [0.4, 0.5) is 0 Å². The van der Waals surface area contributed by atoms with Gasteiger partial charge < -0.3 is 67.3 Å². The number of fused-ring (bicyclic) bond motifs is 10. The van der Waals surface area contributed by atoms with Gasteiger partial charge in [-0.25, -0.2) is 0 Å². The monoisotopic (exact) mass is 1320 g/mol. The van der Waals surface area contributed by atoms with Gasteiger partial charge >= 0.3 is 5.97 Å². The topological polar surface area (TPSA) is 163 Å². The third-order valence-electron chi connectivity index (χ3n) is 18.3. The highest BCUT2D eigenvalue weighted by molar-refractivity contribution is 5.70. The first-order valence-corrected chi connectivity index (χ1v) is 34.2. The second kappa shape index (κ2) is 33.3. The van der Waals surface area contributed by atoms with Crippen molar-refractivity contribution in [3.8, 4) is 34.5 Å². The molecule has 0 spiro atoms. The summed E-state index contributed by atoms with van der Waals surface area (Å²) in [5.74, 6) is 4.48. The number of aryl methyl sites for hydroxylation is 2. The standard InChI is InChI=1S/C44H52O8.C38H43NO6/c1-31-18-19-36-41-37-26-39(49-29-34-15-10-7-11-16-34)38(48-28-33-13-8-6-9-14-33)25-35(37)27-44(41,30-50-42(36)32(31)2)51-24-23-47-22-21-46-20-12-17-40(45)52-43(3,4)5;1-27-13-14-32-36-33-22-35(43-25-30-11-7-4-8-12-30)34(42-24-29-9-5-3-6-10-29)21-31(33)23-38(36,26-44-37(32)28(27)2)45-20-19-41-18-17-40-16-15-39/h6-11,13-16,18-19,25-26,41H,12,17,20-24,27-30H2,1-5H3;3-14,21-22,36H,15-20,23-26,39H2,1-2H3. The highest BCUT2D eigenvalue weighted by atomic mass is 16.6. The van der Waals surface area contributed by atoms with Crippen LogP contribution >= 0.6 is 0 Å². The summed E-state index contributed by atoms with van der Waals surface area (Å²) in [6, 6.07) is 58.1. The lowest BCUT2D eigenvalue weighted by Crippen LogP contribution is -2.47. The SMILES string of the molecule is Cc1ccc2c(c1C)OCC1(OCCOCCOCCCC(=O)OC(C)(C)C)Cc3cc(OCc4ccccc4)c(OCc4ccccc4)cc3C21.Cc1ccc2c(c1C)OCC1(OCCOCCOCCN)Cc3cc(OCc4ccccc4)c(OCc4ccccc4)cc3C21. The fraction of sp³-hybridized carbons (Fsp3) is 0.402. The van der Waals surface area contributed by atoms with Gasteiger partial charge in [0, 0.05) is 55.4 Å². The van der Waals surface area contributed by atoms with Crippen LogP contribution in [0.3, 0.4) is 0 Å². The fourth-order valence-electron chi connectivity index (χ4n) is 13.3. The van der Waals surface area contributed by atoms with E-state index in [4.69, 9.17) is 67.3 Å². The Morgan fingerprint density at radius 3 is 1.16 bits per heavy atom. The second-order valence-electron chi connectivity index (χ2n) is 26.5. The van der Waals surface area contributed by atoms with Crippen LogP contribution in [0.5, 0.6) is 34.5 Å². The minimum atomic E-state index is -0.618. The minimum absolute atomic E-state index is 0.0225. The molecule has 0 amide bonds. The Bertz CT molecular complexity index is 3840. The van der Waals surface area contributed by atoms with Crippen molar-refractivity contribution < 1.29 is 66.4 Å². The summed E-state index contributed by atoms with van der Waals surface area (Å²) in [5, 5.41) is 0. The summed E-state index contributed by atoms with van der Waals surface area (Å²) in [6.45, 7) is 21.9.